The summed E-state index contributed by atoms with van der Waals surface area (Å²) >= 11 is 6.13. The fourth-order valence-corrected chi connectivity index (χ4v) is 5.08. The third-order valence-electron chi connectivity index (χ3n) is 4.90. The summed E-state index contributed by atoms with van der Waals surface area (Å²) in [7, 11) is -0.899. The first-order chi connectivity index (χ1) is 16.2. The molecule has 3 rings (SSSR count). The normalized spacial score (nSPS) is 11.4. The predicted octanol–water partition coefficient (Wildman–Crippen LogP) is 4.80. The number of nitrogens with one attached hydrogen (secondary N) is 2. The predicted molar refractivity (Wildman–Crippen MR) is 130 cm³/mol. The molecule has 0 atom stereocenters. The fraction of sp³-hybridized carbons (Fsp3) is 0.273. The molecule has 12 heteroatoms. The second-order valence-corrected chi connectivity index (χ2v) is 9.26. The third kappa shape index (κ3) is 5.49. The van der Waals surface area contributed by atoms with E-state index < -0.39 is 15.8 Å². The van der Waals surface area contributed by atoms with Gasteiger partial charge in [0.15, 0.2) is 11.6 Å². The van der Waals surface area contributed by atoms with Crippen LogP contribution in [-0.4, -0.2) is 50.0 Å². The maximum Gasteiger partial charge on any atom is 0.246 e. The highest BCUT2D eigenvalue weighted by atomic mass is 35.5. The first kappa shape index (κ1) is 25.5. The molecule has 0 saturated carbocycles. The van der Waals surface area contributed by atoms with E-state index in [9.17, 15) is 12.8 Å². The lowest BCUT2D eigenvalue weighted by Gasteiger charge is -2.20. The van der Waals surface area contributed by atoms with Crippen molar-refractivity contribution < 1.29 is 22.3 Å². The van der Waals surface area contributed by atoms with Gasteiger partial charge in [0.1, 0.15) is 16.4 Å². The van der Waals surface area contributed by atoms with Crippen LogP contribution in [0.1, 0.15) is 13.8 Å². The number of nitrogens with zero attached hydrogens (tertiary/aromatic N) is 3. The molecule has 0 aliphatic carbocycles. The highest BCUT2D eigenvalue weighted by Gasteiger charge is 2.26. The zero-order valence-corrected chi connectivity index (χ0v) is 20.7. The van der Waals surface area contributed by atoms with Crippen LogP contribution in [-0.2, 0) is 10.0 Å². The van der Waals surface area contributed by atoms with E-state index in [2.05, 4.69) is 20.6 Å². The minimum atomic E-state index is -3.79. The van der Waals surface area contributed by atoms with Gasteiger partial charge in [-0.05, 0) is 36.4 Å². The second kappa shape index (κ2) is 10.9. The maximum absolute atomic E-state index is 14.4. The van der Waals surface area contributed by atoms with Crippen LogP contribution in [0.3, 0.4) is 0 Å². The molecule has 0 aliphatic heterocycles. The number of hydrogen-bond donors (Lipinski definition) is 2. The molecular weight excluding hydrogens is 485 g/mol. The minimum Gasteiger partial charge on any atom is -0.495 e. The van der Waals surface area contributed by atoms with E-state index in [0.717, 1.165) is 6.20 Å². The minimum absolute atomic E-state index is 0.00275. The summed E-state index contributed by atoms with van der Waals surface area (Å²) in [6.07, 6.45) is 1.000. The number of rotatable bonds is 10. The molecule has 0 saturated heterocycles. The summed E-state index contributed by atoms with van der Waals surface area (Å²) in [5.74, 6) is -0.0379. The van der Waals surface area contributed by atoms with Crippen LogP contribution in [0.25, 0.3) is 0 Å². The standard InChI is InChI=1S/C22H25ClFN5O4S/c1-5-29(6-2)34(30,31)20-12-15(8-10-19(20)33-4)27-22-25-13-17(24)21(28-22)26-14-7-9-18(32-3)16(23)11-14/h7-13H,5-6H2,1-4H3,(H2,25,26,27,28). The fourth-order valence-electron chi connectivity index (χ4n) is 3.18. The molecule has 9 nitrogen and oxygen atoms in total. The molecule has 3 aromatic rings. The first-order valence-electron chi connectivity index (χ1n) is 10.3. The summed E-state index contributed by atoms with van der Waals surface area (Å²) in [6, 6.07) is 9.44. The lowest BCUT2D eigenvalue weighted by Crippen LogP contribution is -2.30. The van der Waals surface area contributed by atoms with Crippen LogP contribution in [0, 0.1) is 5.82 Å². The molecule has 2 aromatic carbocycles. The Morgan fingerprint density at radius 1 is 1.00 bits per heavy atom. The number of ether oxygens (including phenoxy) is 2. The van der Waals surface area contributed by atoms with E-state index in [-0.39, 0.29) is 22.4 Å². The van der Waals surface area contributed by atoms with E-state index >= 15 is 0 Å². The zero-order chi connectivity index (χ0) is 24.9. The second-order valence-electron chi connectivity index (χ2n) is 6.94. The van der Waals surface area contributed by atoms with Gasteiger partial charge in [-0.1, -0.05) is 25.4 Å². The summed E-state index contributed by atoms with van der Waals surface area (Å²) < 4.78 is 52.2. The molecule has 0 radical (unpaired) electrons. The van der Waals surface area contributed by atoms with Crippen molar-refractivity contribution in [1.29, 1.82) is 0 Å². The Balaban J connectivity index is 1.91. The molecule has 0 unspecified atom stereocenters. The van der Waals surface area contributed by atoms with Gasteiger partial charge in [-0.3, -0.25) is 0 Å². The molecule has 34 heavy (non-hydrogen) atoms. The van der Waals surface area contributed by atoms with Crippen molar-refractivity contribution in [2.45, 2.75) is 18.7 Å². The van der Waals surface area contributed by atoms with Gasteiger partial charge in [0.2, 0.25) is 16.0 Å². The maximum atomic E-state index is 14.4. The average molecular weight is 510 g/mol. The van der Waals surface area contributed by atoms with Gasteiger partial charge in [0, 0.05) is 24.5 Å². The van der Waals surface area contributed by atoms with Gasteiger partial charge >= 0.3 is 0 Å². The third-order valence-corrected chi connectivity index (χ3v) is 7.27. The van der Waals surface area contributed by atoms with E-state index in [4.69, 9.17) is 21.1 Å². The molecule has 1 aromatic heterocycles. The van der Waals surface area contributed by atoms with Crippen LogP contribution in [0.5, 0.6) is 11.5 Å². The largest absolute Gasteiger partial charge is 0.495 e. The Kier molecular flexibility index (Phi) is 8.13. The smallest absolute Gasteiger partial charge is 0.246 e. The Morgan fingerprint density at radius 2 is 1.62 bits per heavy atom. The van der Waals surface area contributed by atoms with Gasteiger partial charge in [-0.15, -0.1) is 0 Å². The molecule has 2 N–H and O–H groups in total. The van der Waals surface area contributed by atoms with Gasteiger partial charge in [-0.2, -0.15) is 9.29 Å². The highest BCUT2D eigenvalue weighted by molar-refractivity contribution is 7.89. The quantitative estimate of drug-likeness (QED) is 0.401. The monoisotopic (exact) mass is 509 g/mol. The molecule has 1 heterocycles. The van der Waals surface area contributed by atoms with Crippen molar-refractivity contribution in [3.8, 4) is 11.5 Å². The zero-order valence-electron chi connectivity index (χ0n) is 19.1. The van der Waals surface area contributed by atoms with Crippen molar-refractivity contribution in [2.24, 2.45) is 0 Å². The Labute approximate surface area is 202 Å². The van der Waals surface area contributed by atoms with E-state index in [1.54, 1.807) is 38.1 Å². The summed E-state index contributed by atoms with van der Waals surface area (Å²) in [4.78, 5) is 8.11. The molecule has 0 spiro atoms. The van der Waals surface area contributed by atoms with Crippen molar-refractivity contribution in [1.82, 2.24) is 14.3 Å². The molecule has 182 valence electrons. The van der Waals surface area contributed by atoms with Gasteiger partial charge in [-0.25, -0.2) is 17.8 Å². The topological polar surface area (TPSA) is 106 Å². The van der Waals surface area contributed by atoms with Gasteiger partial charge in [0.25, 0.3) is 0 Å². The lowest BCUT2D eigenvalue weighted by atomic mass is 10.3. The number of hydrogen-bond acceptors (Lipinski definition) is 8. The number of methoxy groups -OCH3 is 2. The van der Waals surface area contributed by atoms with Crippen LogP contribution >= 0.6 is 11.6 Å². The van der Waals surface area contributed by atoms with E-state index in [1.807, 2.05) is 0 Å². The summed E-state index contributed by atoms with van der Waals surface area (Å²) in [6.45, 7) is 4.13. The molecule has 0 amide bonds. The number of anilines is 4. The number of aromatic nitrogens is 2. The Morgan fingerprint density at radius 3 is 2.21 bits per heavy atom. The number of benzene rings is 2. The van der Waals surface area contributed by atoms with Crippen LogP contribution < -0.4 is 20.1 Å². The van der Waals surface area contributed by atoms with Crippen molar-refractivity contribution >= 4 is 44.8 Å². The molecule has 0 bridgehead atoms. The van der Waals surface area contributed by atoms with Crippen LogP contribution in [0.15, 0.2) is 47.5 Å². The van der Waals surface area contributed by atoms with Crippen molar-refractivity contribution in [3.63, 3.8) is 0 Å². The molecule has 0 aliphatic rings. The summed E-state index contributed by atoms with van der Waals surface area (Å²) in [5.41, 5.74) is 0.878. The summed E-state index contributed by atoms with van der Waals surface area (Å²) in [5, 5.41) is 6.11. The SMILES string of the molecule is CCN(CC)S(=O)(=O)c1cc(Nc2ncc(F)c(Nc3ccc(OC)c(Cl)c3)n2)ccc1OC. The Hall–Kier alpha value is -3.15. The first-order valence-corrected chi connectivity index (χ1v) is 12.1. The van der Waals surface area contributed by atoms with Gasteiger partial charge in [0.05, 0.1) is 25.4 Å². The van der Waals surface area contributed by atoms with E-state index in [0.29, 0.717) is 35.2 Å². The van der Waals surface area contributed by atoms with Crippen LogP contribution in [0.4, 0.5) is 27.5 Å². The Bertz CT molecular complexity index is 1270. The molecular formula is C22H25ClFN5O4S. The lowest BCUT2D eigenvalue weighted by molar-refractivity contribution is 0.395. The van der Waals surface area contributed by atoms with Crippen molar-refractivity contribution in [2.75, 3.05) is 37.9 Å². The number of halogens is 2. The van der Waals surface area contributed by atoms with E-state index in [1.165, 1.54) is 30.7 Å². The van der Waals surface area contributed by atoms with Crippen LogP contribution in [0.2, 0.25) is 5.02 Å². The molecule has 0 fully saturated rings. The van der Waals surface area contributed by atoms with Crippen molar-refractivity contribution in [3.05, 3.63) is 53.4 Å². The average Bonchev–Trinajstić information content (AvgIpc) is 2.82. The highest BCUT2D eigenvalue weighted by Crippen LogP contribution is 2.32. The number of sulfonamides is 1. The van der Waals surface area contributed by atoms with Gasteiger partial charge < -0.3 is 20.1 Å².